The van der Waals surface area contributed by atoms with Crippen LogP contribution in [0.25, 0.3) is 0 Å². The summed E-state index contributed by atoms with van der Waals surface area (Å²) in [6.45, 7) is 0.477. The van der Waals surface area contributed by atoms with Gasteiger partial charge in [-0.3, -0.25) is 9.59 Å². The molecule has 1 heterocycles. The fourth-order valence-corrected chi connectivity index (χ4v) is 3.33. The molecule has 140 valence electrons. The fourth-order valence-electron chi connectivity index (χ4n) is 3.06. The van der Waals surface area contributed by atoms with Crippen LogP contribution in [-0.4, -0.2) is 18.4 Å². The van der Waals surface area contributed by atoms with Crippen molar-refractivity contribution in [2.24, 2.45) is 0 Å². The minimum atomic E-state index is -0.250. The highest BCUT2D eigenvalue weighted by molar-refractivity contribution is 9.10. The molecule has 2 amide bonds. The fraction of sp³-hybridized carbons (Fsp3) is 0.0909. The van der Waals surface area contributed by atoms with Crippen molar-refractivity contribution >= 4 is 39.1 Å². The highest BCUT2D eigenvalue weighted by Crippen LogP contribution is 2.28. The number of rotatable bonds is 5. The lowest BCUT2D eigenvalue weighted by Crippen LogP contribution is -2.23. The van der Waals surface area contributed by atoms with Crippen molar-refractivity contribution in [2.45, 2.75) is 6.54 Å². The zero-order valence-corrected chi connectivity index (χ0v) is 16.5. The van der Waals surface area contributed by atoms with Gasteiger partial charge in [0.05, 0.1) is 6.54 Å². The Hall–Kier alpha value is -3.12. The van der Waals surface area contributed by atoms with Gasteiger partial charge in [0.15, 0.2) is 6.61 Å². The first-order valence-corrected chi connectivity index (χ1v) is 9.57. The van der Waals surface area contributed by atoms with E-state index < -0.39 is 0 Å². The number of carbonyl (C=O) groups excluding carboxylic acids is 2. The molecular formula is C22H17BrN2O3. The molecule has 5 nitrogen and oxygen atoms in total. The van der Waals surface area contributed by atoms with Crippen molar-refractivity contribution < 1.29 is 14.3 Å². The summed E-state index contributed by atoms with van der Waals surface area (Å²) in [5.41, 5.74) is 3.21. The summed E-state index contributed by atoms with van der Waals surface area (Å²) in [6.07, 6.45) is 0. The summed E-state index contributed by atoms with van der Waals surface area (Å²) >= 11 is 3.35. The minimum absolute atomic E-state index is 0.00437. The Balaban J connectivity index is 1.35. The van der Waals surface area contributed by atoms with Crippen LogP contribution in [0, 0.1) is 0 Å². The summed E-state index contributed by atoms with van der Waals surface area (Å²) in [7, 11) is 0. The Kier molecular flexibility index (Phi) is 5.12. The van der Waals surface area contributed by atoms with E-state index in [1.807, 2.05) is 48.5 Å². The molecule has 1 aliphatic heterocycles. The topological polar surface area (TPSA) is 58.6 Å². The standard InChI is InChI=1S/C22H17BrN2O3/c23-16-5-11-19(12-6-16)28-14-21(26)24-17-7-9-18(10-8-17)25-13-15-3-1-2-4-20(15)22(25)27/h1-12H,13-14H2,(H,24,26). The number of hydrogen-bond donors (Lipinski definition) is 1. The molecule has 3 aromatic carbocycles. The third-order valence-electron chi connectivity index (χ3n) is 4.47. The molecule has 1 N–H and O–H groups in total. The number of carbonyl (C=O) groups is 2. The number of halogens is 1. The first-order valence-electron chi connectivity index (χ1n) is 8.78. The number of nitrogens with zero attached hydrogens (tertiary/aromatic N) is 1. The van der Waals surface area contributed by atoms with Crippen LogP contribution in [0.4, 0.5) is 11.4 Å². The molecule has 1 aliphatic rings. The van der Waals surface area contributed by atoms with E-state index in [4.69, 9.17) is 4.74 Å². The van der Waals surface area contributed by atoms with Crippen molar-refractivity contribution in [3.8, 4) is 5.75 Å². The van der Waals surface area contributed by atoms with Crippen LogP contribution in [0.3, 0.4) is 0 Å². The molecule has 0 bridgehead atoms. The van der Waals surface area contributed by atoms with Crippen LogP contribution in [0.2, 0.25) is 0 Å². The SMILES string of the molecule is O=C(COc1ccc(Br)cc1)Nc1ccc(N2Cc3ccccc3C2=O)cc1. The zero-order valence-electron chi connectivity index (χ0n) is 14.9. The Morgan fingerprint density at radius 2 is 1.71 bits per heavy atom. The van der Waals surface area contributed by atoms with Crippen molar-refractivity contribution in [3.05, 3.63) is 88.4 Å². The van der Waals surface area contributed by atoms with Crippen LogP contribution >= 0.6 is 15.9 Å². The predicted molar refractivity (Wildman–Crippen MR) is 112 cm³/mol. The van der Waals surface area contributed by atoms with E-state index in [-0.39, 0.29) is 18.4 Å². The lowest BCUT2D eigenvalue weighted by Gasteiger charge is -2.16. The number of fused-ring (bicyclic) bond motifs is 1. The second-order valence-electron chi connectivity index (χ2n) is 6.39. The average molecular weight is 437 g/mol. The van der Waals surface area contributed by atoms with Gasteiger partial charge in [-0.1, -0.05) is 34.1 Å². The zero-order chi connectivity index (χ0) is 19.5. The molecule has 0 saturated carbocycles. The molecule has 28 heavy (non-hydrogen) atoms. The molecule has 0 spiro atoms. The van der Waals surface area contributed by atoms with E-state index in [1.54, 1.807) is 29.2 Å². The molecule has 6 heteroatoms. The molecule has 0 atom stereocenters. The van der Waals surface area contributed by atoms with Crippen LogP contribution < -0.4 is 15.0 Å². The number of nitrogens with one attached hydrogen (secondary N) is 1. The summed E-state index contributed by atoms with van der Waals surface area (Å²) in [6, 6.07) is 22.1. The third kappa shape index (κ3) is 3.92. The van der Waals surface area contributed by atoms with Gasteiger partial charge in [0.2, 0.25) is 0 Å². The van der Waals surface area contributed by atoms with Gasteiger partial charge in [-0.05, 0) is 60.2 Å². The largest absolute Gasteiger partial charge is 0.484 e. The lowest BCUT2D eigenvalue weighted by molar-refractivity contribution is -0.118. The molecule has 0 aliphatic carbocycles. The quantitative estimate of drug-likeness (QED) is 0.634. The maximum atomic E-state index is 12.5. The van der Waals surface area contributed by atoms with E-state index in [2.05, 4.69) is 21.2 Å². The normalized spacial score (nSPS) is 12.6. The number of anilines is 2. The summed E-state index contributed by atoms with van der Waals surface area (Å²) in [5.74, 6) is 0.372. The highest BCUT2D eigenvalue weighted by Gasteiger charge is 2.27. The number of ether oxygens (including phenoxy) is 1. The summed E-state index contributed by atoms with van der Waals surface area (Å²) in [5, 5.41) is 2.79. The Morgan fingerprint density at radius 3 is 2.43 bits per heavy atom. The predicted octanol–water partition coefficient (Wildman–Crippen LogP) is 4.63. The second kappa shape index (κ2) is 7.86. The van der Waals surface area contributed by atoms with Gasteiger partial charge in [-0.25, -0.2) is 0 Å². The van der Waals surface area contributed by atoms with E-state index in [0.717, 1.165) is 21.3 Å². The molecule has 3 aromatic rings. The monoisotopic (exact) mass is 436 g/mol. The smallest absolute Gasteiger partial charge is 0.262 e. The van der Waals surface area contributed by atoms with Gasteiger partial charge in [-0.2, -0.15) is 0 Å². The maximum Gasteiger partial charge on any atom is 0.262 e. The van der Waals surface area contributed by atoms with E-state index >= 15 is 0 Å². The van der Waals surface area contributed by atoms with E-state index in [0.29, 0.717) is 18.0 Å². The Labute approximate surface area is 171 Å². The number of benzene rings is 3. The van der Waals surface area contributed by atoms with Gasteiger partial charge < -0.3 is 15.0 Å². The van der Waals surface area contributed by atoms with Crippen molar-refractivity contribution in [1.29, 1.82) is 0 Å². The molecule has 4 rings (SSSR count). The van der Waals surface area contributed by atoms with Crippen LogP contribution in [0.1, 0.15) is 15.9 Å². The second-order valence-corrected chi connectivity index (χ2v) is 7.30. The Morgan fingerprint density at radius 1 is 1.00 bits per heavy atom. The van der Waals surface area contributed by atoms with E-state index in [1.165, 1.54) is 0 Å². The lowest BCUT2D eigenvalue weighted by atomic mass is 10.1. The molecule has 0 fully saturated rings. The van der Waals surface area contributed by atoms with Crippen molar-refractivity contribution in [3.63, 3.8) is 0 Å². The summed E-state index contributed by atoms with van der Waals surface area (Å²) < 4.78 is 6.41. The number of amides is 2. The average Bonchev–Trinajstić information content (AvgIpc) is 3.05. The van der Waals surface area contributed by atoms with Crippen molar-refractivity contribution in [2.75, 3.05) is 16.8 Å². The van der Waals surface area contributed by atoms with Crippen LogP contribution in [0.15, 0.2) is 77.3 Å². The van der Waals surface area contributed by atoms with Gasteiger partial charge >= 0.3 is 0 Å². The van der Waals surface area contributed by atoms with Gasteiger partial charge in [0, 0.05) is 21.4 Å². The molecule has 0 radical (unpaired) electrons. The molecular weight excluding hydrogens is 420 g/mol. The van der Waals surface area contributed by atoms with E-state index in [9.17, 15) is 9.59 Å². The molecule has 0 aromatic heterocycles. The minimum Gasteiger partial charge on any atom is -0.484 e. The molecule has 0 unspecified atom stereocenters. The maximum absolute atomic E-state index is 12.5. The van der Waals surface area contributed by atoms with Crippen LogP contribution in [0.5, 0.6) is 5.75 Å². The highest BCUT2D eigenvalue weighted by atomic mass is 79.9. The Bertz CT molecular complexity index is 1020. The van der Waals surface area contributed by atoms with Crippen molar-refractivity contribution in [1.82, 2.24) is 0 Å². The first-order chi connectivity index (χ1) is 13.6. The van der Waals surface area contributed by atoms with Gasteiger partial charge in [0.1, 0.15) is 5.75 Å². The number of hydrogen-bond acceptors (Lipinski definition) is 3. The van der Waals surface area contributed by atoms with Crippen LogP contribution in [-0.2, 0) is 11.3 Å². The molecule has 0 saturated heterocycles. The first kappa shape index (κ1) is 18.3. The van der Waals surface area contributed by atoms with Gasteiger partial charge in [0.25, 0.3) is 11.8 Å². The third-order valence-corrected chi connectivity index (χ3v) is 5.00. The summed E-state index contributed by atoms with van der Waals surface area (Å²) in [4.78, 5) is 26.4. The van der Waals surface area contributed by atoms with Gasteiger partial charge in [-0.15, -0.1) is 0 Å².